The maximum atomic E-state index is 13.0. The highest BCUT2D eigenvalue weighted by Gasteiger charge is 2.07. The van der Waals surface area contributed by atoms with Crippen molar-refractivity contribution in [2.45, 2.75) is 13.2 Å². The Hall–Kier alpha value is -1.27. The molecule has 1 aromatic carbocycles. The minimum absolute atomic E-state index is 0.233. The molecule has 90 valence electrons. The van der Waals surface area contributed by atoms with Gasteiger partial charge in [-0.1, -0.05) is 0 Å². The third-order valence-electron chi connectivity index (χ3n) is 2.25. The molecule has 1 heterocycles. The molecule has 0 atom stereocenters. The van der Waals surface area contributed by atoms with Crippen LogP contribution >= 0.6 is 15.9 Å². The molecule has 0 amide bonds. The first-order chi connectivity index (χ1) is 8.08. The van der Waals surface area contributed by atoms with Crippen LogP contribution in [-0.4, -0.2) is 14.7 Å². The van der Waals surface area contributed by atoms with Crippen LogP contribution in [0.5, 0.6) is 0 Å². The lowest BCUT2D eigenvalue weighted by atomic mass is 10.2. The number of hydrogen-bond acceptors (Lipinski definition) is 2. The van der Waals surface area contributed by atoms with Crippen molar-refractivity contribution in [3.8, 4) is 0 Å². The molecule has 0 saturated heterocycles. The Labute approximate surface area is 105 Å². The summed E-state index contributed by atoms with van der Waals surface area (Å²) in [5, 5.41) is 9.07. The van der Waals surface area contributed by atoms with Gasteiger partial charge in [-0.15, -0.1) is 0 Å². The van der Waals surface area contributed by atoms with E-state index < -0.39 is 11.6 Å². The molecule has 0 saturated carbocycles. The zero-order chi connectivity index (χ0) is 12.4. The van der Waals surface area contributed by atoms with Crippen molar-refractivity contribution in [3.05, 3.63) is 52.0 Å². The summed E-state index contributed by atoms with van der Waals surface area (Å²) in [4.78, 5) is 4.01. The fourth-order valence-corrected chi connectivity index (χ4v) is 2.03. The van der Waals surface area contributed by atoms with Crippen LogP contribution < -0.4 is 0 Å². The van der Waals surface area contributed by atoms with Gasteiger partial charge in [-0.2, -0.15) is 0 Å². The molecule has 0 aliphatic heterocycles. The van der Waals surface area contributed by atoms with Crippen LogP contribution in [0.25, 0.3) is 0 Å². The second-order valence-electron chi connectivity index (χ2n) is 3.54. The monoisotopic (exact) mass is 302 g/mol. The predicted octanol–water partition coefficient (Wildman–Crippen LogP) is 2.46. The van der Waals surface area contributed by atoms with Crippen LogP contribution in [0.1, 0.15) is 11.4 Å². The van der Waals surface area contributed by atoms with E-state index in [4.69, 9.17) is 5.11 Å². The average Bonchev–Trinajstić information content (AvgIpc) is 2.57. The van der Waals surface area contributed by atoms with Crippen LogP contribution in [-0.2, 0) is 13.2 Å². The Bertz CT molecular complexity index is 522. The molecule has 2 rings (SSSR count). The minimum Gasteiger partial charge on any atom is -0.388 e. The Morgan fingerprint density at radius 1 is 1.24 bits per heavy atom. The second-order valence-corrected chi connectivity index (χ2v) is 4.36. The molecule has 17 heavy (non-hydrogen) atoms. The highest BCUT2D eigenvalue weighted by Crippen LogP contribution is 2.14. The van der Waals surface area contributed by atoms with Gasteiger partial charge in [0.05, 0.1) is 0 Å². The molecule has 3 nitrogen and oxygen atoms in total. The third-order valence-corrected chi connectivity index (χ3v) is 2.63. The van der Waals surface area contributed by atoms with Crippen molar-refractivity contribution < 1.29 is 13.9 Å². The summed E-state index contributed by atoms with van der Waals surface area (Å²) in [6.07, 6.45) is 1.65. The van der Waals surface area contributed by atoms with Crippen LogP contribution in [0.4, 0.5) is 8.78 Å². The van der Waals surface area contributed by atoms with Crippen molar-refractivity contribution in [1.82, 2.24) is 9.55 Å². The summed E-state index contributed by atoms with van der Waals surface area (Å²) in [5.41, 5.74) is 0.474. The Kier molecular flexibility index (Phi) is 3.54. The lowest BCUT2D eigenvalue weighted by Gasteiger charge is -2.06. The first-order valence-electron chi connectivity index (χ1n) is 4.86. The van der Waals surface area contributed by atoms with E-state index in [1.807, 2.05) is 0 Å². The Balaban J connectivity index is 2.30. The largest absolute Gasteiger partial charge is 0.388 e. The van der Waals surface area contributed by atoms with E-state index in [2.05, 4.69) is 20.9 Å². The summed E-state index contributed by atoms with van der Waals surface area (Å²) in [6.45, 7) is 0.0204. The van der Waals surface area contributed by atoms with E-state index in [0.717, 1.165) is 6.07 Å². The molecule has 0 aliphatic carbocycles. The predicted molar refractivity (Wildman–Crippen MR) is 61.3 cm³/mol. The summed E-state index contributed by atoms with van der Waals surface area (Å²) >= 11 is 3.17. The Morgan fingerprint density at radius 2 is 1.88 bits per heavy atom. The molecule has 0 radical (unpaired) electrons. The van der Waals surface area contributed by atoms with Gasteiger partial charge in [-0.3, -0.25) is 0 Å². The van der Waals surface area contributed by atoms with Crippen molar-refractivity contribution in [2.24, 2.45) is 0 Å². The van der Waals surface area contributed by atoms with E-state index in [0.29, 0.717) is 16.0 Å². The van der Waals surface area contributed by atoms with Gasteiger partial charge in [-0.05, 0) is 33.6 Å². The molecule has 0 aliphatic rings. The maximum absolute atomic E-state index is 13.0. The molecular weight excluding hydrogens is 294 g/mol. The number of halogens is 3. The van der Waals surface area contributed by atoms with Gasteiger partial charge in [0.1, 0.15) is 28.7 Å². The molecule has 0 bridgehead atoms. The number of aliphatic hydroxyl groups is 1. The van der Waals surface area contributed by atoms with Crippen LogP contribution in [0.15, 0.2) is 29.0 Å². The number of imidazole rings is 1. The van der Waals surface area contributed by atoms with Gasteiger partial charge in [0.15, 0.2) is 0 Å². The van der Waals surface area contributed by atoms with Crippen molar-refractivity contribution in [2.75, 3.05) is 0 Å². The lowest BCUT2D eigenvalue weighted by Crippen LogP contribution is -2.04. The van der Waals surface area contributed by atoms with Gasteiger partial charge in [0, 0.05) is 18.8 Å². The van der Waals surface area contributed by atoms with E-state index in [1.54, 1.807) is 10.8 Å². The fourth-order valence-electron chi connectivity index (χ4n) is 1.58. The number of nitrogens with zero attached hydrogens (tertiary/aromatic N) is 2. The number of rotatable bonds is 3. The van der Waals surface area contributed by atoms with E-state index >= 15 is 0 Å². The number of aromatic nitrogens is 2. The molecular formula is C11H9BrF2N2O. The highest BCUT2D eigenvalue weighted by molar-refractivity contribution is 9.10. The average molecular weight is 303 g/mol. The zero-order valence-corrected chi connectivity index (χ0v) is 10.3. The SMILES string of the molecule is OCc1nc(Br)cn1Cc1cc(F)cc(F)c1. The molecule has 0 unspecified atom stereocenters. The lowest BCUT2D eigenvalue weighted by molar-refractivity contribution is 0.266. The highest BCUT2D eigenvalue weighted by atomic mass is 79.9. The number of benzene rings is 1. The smallest absolute Gasteiger partial charge is 0.136 e. The third kappa shape index (κ3) is 2.89. The van der Waals surface area contributed by atoms with Gasteiger partial charge >= 0.3 is 0 Å². The van der Waals surface area contributed by atoms with Gasteiger partial charge in [0.2, 0.25) is 0 Å². The van der Waals surface area contributed by atoms with Crippen LogP contribution in [0.2, 0.25) is 0 Å². The number of hydrogen-bond donors (Lipinski definition) is 1. The van der Waals surface area contributed by atoms with Gasteiger partial charge in [-0.25, -0.2) is 13.8 Å². The molecule has 0 spiro atoms. The first kappa shape index (κ1) is 12.2. The zero-order valence-electron chi connectivity index (χ0n) is 8.70. The van der Waals surface area contributed by atoms with Crippen LogP contribution in [0, 0.1) is 11.6 Å². The fraction of sp³-hybridized carbons (Fsp3) is 0.182. The standard InChI is InChI=1S/C11H9BrF2N2O/c12-10-5-16(11(6-17)15-10)4-7-1-8(13)3-9(14)2-7/h1-3,5,17H,4,6H2. The molecule has 2 aromatic rings. The van der Waals surface area contributed by atoms with Crippen molar-refractivity contribution in [1.29, 1.82) is 0 Å². The number of aliphatic hydroxyl groups excluding tert-OH is 1. The summed E-state index contributed by atoms with van der Waals surface area (Å²) in [6, 6.07) is 3.32. The second kappa shape index (κ2) is 4.93. The van der Waals surface area contributed by atoms with Gasteiger partial charge < -0.3 is 9.67 Å². The minimum atomic E-state index is -0.621. The van der Waals surface area contributed by atoms with E-state index in [9.17, 15) is 8.78 Å². The first-order valence-corrected chi connectivity index (χ1v) is 5.65. The summed E-state index contributed by atoms with van der Waals surface area (Å²) in [5.74, 6) is -0.809. The normalized spacial score (nSPS) is 10.8. The molecule has 0 fully saturated rings. The summed E-state index contributed by atoms with van der Waals surface area (Å²) in [7, 11) is 0. The quantitative estimate of drug-likeness (QED) is 0.946. The van der Waals surface area contributed by atoms with Crippen molar-refractivity contribution in [3.63, 3.8) is 0 Å². The van der Waals surface area contributed by atoms with E-state index in [1.165, 1.54) is 12.1 Å². The maximum Gasteiger partial charge on any atom is 0.136 e. The topological polar surface area (TPSA) is 38.1 Å². The Morgan fingerprint density at radius 3 is 2.47 bits per heavy atom. The van der Waals surface area contributed by atoms with E-state index in [-0.39, 0.29) is 13.2 Å². The van der Waals surface area contributed by atoms with Crippen LogP contribution in [0.3, 0.4) is 0 Å². The molecule has 1 N–H and O–H groups in total. The van der Waals surface area contributed by atoms with Gasteiger partial charge in [0.25, 0.3) is 0 Å². The molecule has 6 heteroatoms. The summed E-state index contributed by atoms with van der Waals surface area (Å²) < 4.78 is 28.2. The van der Waals surface area contributed by atoms with Crippen molar-refractivity contribution >= 4 is 15.9 Å². The molecule has 1 aromatic heterocycles.